The summed E-state index contributed by atoms with van der Waals surface area (Å²) in [4.78, 5) is 4.15. The van der Waals surface area contributed by atoms with Crippen molar-refractivity contribution in [2.45, 2.75) is 19.7 Å². The molecule has 2 aromatic carbocycles. The monoisotopic (exact) mass is 495 g/mol. The molecule has 0 amide bonds. The van der Waals surface area contributed by atoms with Crippen LogP contribution in [0.15, 0.2) is 47.5 Å². The number of para-hydroxylation sites is 2. The molecule has 0 heterocycles. The van der Waals surface area contributed by atoms with Crippen LogP contribution in [0.3, 0.4) is 0 Å². The van der Waals surface area contributed by atoms with E-state index in [1.54, 1.807) is 13.2 Å². The molecule has 0 spiro atoms. The van der Waals surface area contributed by atoms with Crippen LogP contribution < -0.4 is 20.5 Å². The zero-order valence-electron chi connectivity index (χ0n) is 14.8. The van der Waals surface area contributed by atoms with E-state index in [4.69, 9.17) is 10.5 Å². The number of nitrogens with two attached hydrogens (primary N) is 1. The van der Waals surface area contributed by atoms with Gasteiger partial charge in [-0.2, -0.15) is 0 Å². The average molecular weight is 495 g/mol. The molecule has 2 rings (SSSR count). The van der Waals surface area contributed by atoms with Crippen LogP contribution in [0, 0.1) is 6.92 Å². The van der Waals surface area contributed by atoms with Crippen molar-refractivity contribution in [2.24, 2.45) is 10.7 Å². The SMILES string of the molecule is COc1ccc(C)cc1CCN=C(N)Nc1ccccc1OC(F)(F)F.I. The van der Waals surface area contributed by atoms with E-state index in [2.05, 4.69) is 15.0 Å². The van der Waals surface area contributed by atoms with Gasteiger partial charge in [-0.25, -0.2) is 0 Å². The largest absolute Gasteiger partial charge is 0.573 e. The number of rotatable bonds is 6. The van der Waals surface area contributed by atoms with Crippen LogP contribution in [0.25, 0.3) is 0 Å². The lowest BCUT2D eigenvalue weighted by Crippen LogP contribution is -2.24. The van der Waals surface area contributed by atoms with E-state index in [1.165, 1.54) is 18.2 Å². The van der Waals surface area contributed by atoms with Crippen LogP contribution >= 0.6 is 24.0 Å². The third-order valence-corrected chi connectivity index (χ3v) is 3.47. The van der Waals surface area contributed by atoms with Crippen molar-refractivity contribution < 1.29 is 22.6 Å². The number of aryl methyl sites for hydroxylation is 1. The summed E-state index contributed by atoms with van der Waals surface area (Å²) in [6.07, 6.45) is -4.21. The number of methoxy groups -OCH3 is 1. The summed E-state index contributed by atoms with van der Waals surface area (Å²) in [6.45, 7) is 2.32. The second-order valence-electron chi connectivity index (χ2n) is 5.50. The van der Waals surface area contributed by atoms with Crippen molar-refractivity contribution in [2.75, 3.05) is 19.0 Å². The first-order chi connectivity index (χ1) is 12.3. The summed E-state index contributed by atoms with van der Waals surface area (Å²) < 4.78 is 46.5. The first kappa shape index (κ1) is 22.9. The highest BCUT2D eigenvalue weighted by molar-refractivity contribution is 14.0. The van der Waals surface area contributed by atoms with E-state index >= 15 is 0 Å². The second-order valence-corrected chi connectivity index (χ2v) is 5.50. The molecule has 0 bridgehead atoms. The van der Waals surface area contributed by atoms with Crippen molar-refractivity contribution in [1.82, 2.24) is 0 Å². The molecule has 0 aromatic heterocycles. The quantitative estimate of drug-likeness (QED) is 0.352. The zero-order chi connectivity index (χ0) is 19.2. The third kappa shape index (κ3) is 7.53. The number of ether oxygens (including phenoxy) is 2. The van der Waals surface area contributed by atoms with Crippen LogP contribution in [-0.2, 0) is 6.42 Å². The summed E-state index contributed by atoms with van der Waals surface area (Å²) in [6, 6.07) is 11.4. The molecule has 0 saturated carbocycles. The van der Waals surface area contributed by atoms with Crippen molar-refractivity contribution in [3.63, 3.8) is 0 Å². The number of hydrogen-bond acceptors (Lipinski definition) is 3. The standard InChI is InChI=1S/C18H20F3N3O2.HI/c1-12-7-8-15(25-2)13(11-12)9-10-23-17(22)24-14-5-3-4-6-16(14)26-18(19,20)21;/h3-8,11H,9-10H2,1-2H3,(H3,22,23,24);1H. The minimum Gasteiger partial charge on any atom is -0.496 e. The Morgan fingerprint density at radius 1 is 1.15 bits per heavy atom. The average Bonchev–Trinajstić information content (AvgIpc) is 2.55. The van der Waals surface area contributed by atoms with Crippen molar-refractivity contribution >= 4 is 35.6 Å². The molecule has 0 saturated heterocycles. The van der Waals surface area contributed by atoms with E-state index in [0.29, 0.717) is 13.0 Å². The minimum absolute atomic E-state index is 0. The van der Waals surface area contributed by atoms with E-state index in [1.807, 2.05) is 25.1 Å². The predicted octanol–water partition coefficient (Wildman–Crippen LogP) is 4.49. The fraction of sp³-hybridized carbons (Fsp3) is 0.278. The maximum atomic E-state index is 12.4. The molecule has 0 aliphatic rings. The maximum absolute atomic E-state index is 12.4. The van der Waals surface area contributed by atoms with Gasteiger partial charge in [-0.05, 0) is 37.1 Å². The number of anilines is 1. The lowest BCUT2D eigenvalue weighted by Gasteiger charge is -2.14. The summed E-state index contributed by atoms with van der Waals surface area (Å²) in [5, 5.41) is 2.63. The van der Waals surface area contributed by atoms with E-state index in [-0.39, 0.29) is 41.4 Å². The van der Waals surface area contributed by atoms with Crippen LogP contribution in [0.1, 0.15) is 11.1 Å². The van der Waals surface area contributed by atoms with Crippen LogP contribution in [0.4, 0.5) is 18.9 Å². The fourth-order valence-electron chi connectivity index (χ4n) is 2.36. The van der Waals surface area contributed by atoms with Gasteiger partial charge >= 0.3 is 6.36 Å². The number of benzene rings is 2. The first-order valence-corrected chi connectivity index (χ1v) is 7.84. The van der Waals surface area contributed by atoms with E-state index in [0.717, 1.165) is 16.9 Å². The normalized spacial score (nSPS) is 11.5. The lowest BCUT2D eigenvalue weighted by atomic mass is 10.1. The van der Waals surface area contributed by atoms with Gasteiger partial charge in [0.1, 0.15) is 5.75 Å². The zero-order valence-corrected chi connectivity index (χ0v) is 17.2. The molecule has 27 heavy (non-hydrogen) atoms. The molecule has 0 atom stereocenters. The number of nitrogens with one attached hydrogen (secondary N) is 1. The Hall–Kier alpha value is -2.17. The molecule has 5 nitrogen and oxygen atoms in total. The molecule has 2 aromatic rings. The number of nitrogens with zero attached hydrogens (tertiary/aromatic N) is 1. The Morgan fingerprint density at radius 2 is 1.85 bits per heavy atom. The van der Waals surface area contributed by atoms with Crippen LogP contribution in [0.5, 0.6) is 11.5 Å². The number of aliphatic imine (C=N–C) groups is 1. The highest BCUT2D eigenvalue weighted by Gasteiger charge is 2.32. The predicted molar refractivity (Wildman–Crippen MR) is 110 cm³/mol. The second kappa shape index (κ2) is 10.2. The molecule has 148 valence electrons. The smallest absolute Gasteiger partial charge is 0.496 e. The Balaban J connectivity index is 0.00000364. The van der Waals surface area contributed by atoms with Gasteiger partial charge < -0.3 is 20.5 Å². The lowest BCUT2D eigenvalue weighted by molar-refractivity contribution is -0.274. The summed E-state index contributed by atoms with van der Waals surface area (Å²) in [5.41, 5.74) is 7.92. The van der Waals surface area contributed by atoms with Crippen molar-refractivity contribution in [3.05, 3.63) is 53.6 Å². The van der Waals surface area contributed by atoms with Crippen molar-refractivity contribution in [3.8, 4) is 11.5 Å². The number of hydrogen-bond donors (Lipinski definition) is 2. The molecule has 0 aliphatic carbocycles. The first-order valence-electron chi connectivity index (χ1n) is 7.84. The van der Waals surface area contributed by atoms with Crippen molar-refractivity contribution in [1.29, 1.82) is 0 Å². The van der Waals surface area contributed by atoms with Crippen LogP contribution in [0.2, 0.25) is 0 Å². The Bertz CT molecular complexity index is 783. The summed E-state index contributed by atoms with van der Waals surface area (Å²) in [5.74, 6) is 0.370. The number of alkyl halides is 3. The third-order valence-electron chi connectivity index (χ3n) is 3.47. The molecule has 3 N–H and O–H groups in total. The molecule has 0 unspecified atom stereocenters. The highest BCUT2D eigenvalue weighted by atomic mass is 127. The van der Waals surface area contributed by atoms with Gasteiger partial charge in [-0.15, -0.1) is 37.1 Å². The molecule has 0 radical (unpaired) electrons. The van der Waals surface area contributed by atoms with E-state index < -0.39 is 6.36 Å². The highest BCUT2D eigenvalue weighted by Crippen LogP contribution is 2.29. The molecule has 0 aliphatic heterocycles. The van der Waals surface area contributed by atoms with Gasteiger partial charge in [0.2, 0.25) is 0 Å². The van der Waals surface area contributed by atoms with E-state index in [9.17, 15) is 13.2 Å². The Labute approximate surface area is 172 Å². The van der Waals surface area contributed by atoms with Gasteiger partial charge in [-0.3, -0.25) is 4.99 Å². The van der Waals surface area contributed by atoms with Gasteiger partial charge in [0.15, 0.2) is 11.7 Å². The Kier molecular flexibility index (Phi) is 8.67. The molecule has 0 fully saturated rings. The fourth-order valence-corrected chi connectivity index (χ4v) is 2.36. The van der Waals surface area contributed by atoms with Gasteiger partial charge in [0.05, 0.1) is 12.8 Å². The maximum Gasteiger partial charge on any atom is 0.573 e. The number of halogens is 4. The molecular formula is C18H21F3IN3O2. The van der Waals surface area contributed by atoms with Gasteiger partial charge in [-0.1, -0.05) is 29.8 Å². The van der Waals surface area contributed by atoms with Crippen LogP contribution in [-0.4, -0.2) is 26.0 Å². The minimum atomic E-state index is -4.79. The Morgan fingerprint density at radius 3 is 2.52 bits per heavy atom. The van der Waals surface area contributed by atoms with Gasteiger partial charge in [0, 0.05) is 6.54 Å². The topological polar surface area (TPSA) is 68.9 Å². The summed E-state index contributed by atoms with van der Waals surface area (Å²) in [7, 11) is 1.59. The molecular weight excluding hydrogens is 474 g/mol. The van der Waals surface area contributed by atoms with Gasteiger partial charge in [0.25, 0.3) is 0 Å². The number of guanidine groups is 1. The molecule has 9 heteroatoms. The summed E-state index contributed by atoms with van der Waals surface area (Å²) >= 11 is 0.